The summed E-state index contributed by atoms with van der Waals surface area (Å²) in [6.07, 6.45) is 8.96. The molecule has 0 amide bonds. The third-order valence-corrected chi connectivity index (χ3v) is 4.73. The standard InChI is InChI=1S/C11H19N/c1-2-11-6-5-9(8-11)10-4-3-7-12(10)11/h9-10H,2-8H2,1H3. The molecule has 1 aliphatic carbocycles. The number of hydrogen-bond donors (Lipinski definition) is 0. The van der Waals surface area contributed by atoms with E-state index in [1.54, 1.807) is 0 Å². The van der Waals surface area contributed by atoms with Gasteiger partial charge in [-0.3, -0.25) is 4.90 Å². The highest BCUT2D eigenvalue weighted by Crippen LogP contribution is 2.54. The van der Waals surface area contributed by atoms with E-state index < -0.39 is 0 Å². The Morgan fingerprint density at radius 3 is 3.17 bits per heavy atom. The molecule has 0 aromatic heterocycles. The summed E-state index contributed by atoms with van der Waals surface area (Å²) >= 11 is 0. The molecule has 3 unspecified atom stereocenters. The van der Waals surface area contributed by atoms with E-state index in [1.807, 2.05) is 0 Å². The summed E-state index contributed by atoms with van der Waals surface area (Å²) in [6, 6.07) is 1.01. The van der Waals surface area contributed by atoms with Crippen molar-refractivity contribution in [3.8, 4) is 0 Å². The third kappa shape index (κ3) is 0.693. The molecule has 2 heterocycles. The number of fused-ring (bicyclic) bond motifs is 5. The fraction of sp³-hybridized carbons (Fsp3) is 1.00. The quantitative estimate of drug-likeness (QED) is 0.576. The molecule has 0 N–H and O–H groups in total. The number of hydrogen-bond acceptors (Lipinski definition) is 1. The Balaban J connectivity index is 1.95. The fourth-order valence-electron chi connectivity index (χ4n) is 4.13. The molecule has 3 atom stereocenters. The second-order valence-electron chi connectivity index (χ2n) is 4.98. The van der Waals surface area contributed by atoms with E-state index in [0.717, 1.165) is 12.0 Å². The molecule has 2 bridgehead atoms. The molecule has 3 rings (SSSR count). The summed E-state index contributed by atoms with van der Waals surface area (Å²) in [5.74, 6) is 1.09. The predicted molar refractivity (Wildman–Crippen MR) is 50.1 cm³/mol. The smallest absolute Gasteiger partial charge is 0.0213 e. The Labute approximate surface area is 75.1 Å². The number of nitrogens with zero attached hydrogens (tertiary/aromatic N) is 1. The highest BCUT2D eigenvalue weighted by Gasteiger charge is 2.55. The number of piperidine rings is 1. The first-order valence-corrected chi connectivity index (χ1v) is 5.62. The molecular weight excluding hydrogens is 146 g/mol. The van der Waals surface area contributed by atoms with Crippen molar-refractivity contribution in [2.24, 2.45) is 5.92 Å². The minimum absolute atomic E-state index is 0.686. The van der Waals surface area contributed by atoms with Gasteiger partial charge in [-0.1, -0.05) is 6.92 Å². The van der Waals surface area contributed by atoms with Crippen LogP contribution in [-0.2, 0) is 0 Å². The lowest BCUT2D eigenvalue weighted by atomic mass is 9.93. The lowest BCUT2D eigenvalue weighted by molar-refractivity contribution is 0.0963. The van der Waals surface area contributed by atoms with E-state index in [9.17, 15) is 0 Å². The van der Waals surface area contributed by atoms with Crippen LogP contribution in [0.15, 0.2) is 0 Å². The molecule has 2 aliphatic heterocycles. The zero-order chi connectivity index (χ0) is 8.18. The molecule has 0 aromatic rings. The van der Waals surface area contributed by atoms with Crippen LogP contribution >= 0.6 is 0 Å². The van der Waals surface area contributed by atoms with Crippen molar-refractivity contribution in [3.05, 3.63) is 0 Å². The first-order chi connectivity index (χ1) is 5.86. The Hall–Kier alpha value is -0.0400. The van der Waals surface area contributed by atoms with Crippen molar-refractivity contribution >= 4 is 0 Å². The molecule has 1 saturated carbocycles. The second-order valence-corrected chi connectivity index (χ2v) is 4.98. The topological polar surface area (TPSA) is 3.24 Å². The summed E-state index contributed by atoms with van der Waals surface area (Å²) in [6.45, 7) is 3.80. The van der Waals surface area contributed by atoms with E-state index in [4.69, 9.17) is 0 Å². The molecule has 0 radical (unpaired) electrons. The molecule has 3 fully saturated rings. The van der Waals surface area contributed by atoms with Crippen LogP contribution < -0.4 is 0 Å². The van der Waals surface area contributed by atoms with Crippen molar-refractivity contribution in [2.45, 2.75) is 57.0 Å². The van der Waals surface area contributed by atoms with Crippen molar-refractivity contribution < 1.29 is 0 Å². The minimum atomic E-state index is 0.686. The largest absolute Gasteiger partial charge is 0.294 e. The zero-order valence-corrected chi connectivity index (χ0v) is 8.05. The molecule has 12 heavy (non-hydrogen) atoms. The van der Waals surface area contributed by atoms with Crippen molar-refractivity contribution in [1.29, 1.82) is 0 Å². The Morgan fingerprint density at radius 1 is 1.42 bits per heavy atom. The van der Waals surface area contributed by atoms with Crippen molar-refractivity contribution in [3.63, 3.8) is 0 Å². The lowest BCUT2D eigenvalue weighted by Gasteiger charge is -2.39. The molecule has 1 nitrogen and oxygen atoms in total. The van der Waals surface area contributed by atoms with Crippen LogP contribution in [0.2, 0.25) is 0 Å². The van der Waals surface area contributed by atoms with Gasteiger partial charge >= 0.3 is 0 Å². The van der Waals surface area contributed by atoms with E-state index in [0.29, 0.717) is 5.54 Å². The molecular formula is C11H19N. The molecule has 2 saturated heterocycles. The van der Waals surface area contributed by atoms with E-state index in [-0.39, 0.29) is 0 Å². The first-order valence-electron chi connectivity index (χ1n) is 5.62. The fourth-order valence-corrected chi connectivity index (χ4v) is 4.13. The maximum absolute atomic E-state index is 2.86. The normalized spacial score (nSPS) is 51.8. The van der Waals surface area contributed by atoms with Crippen LogP contribution in [0.1, 0.15) is 45.4 Å². The van der Waals surface area contributed by atoms with Gasteiger partial charge in [0.1, 0.15) is 0 Å². The van der Waals surface area contributed by atoms with Gasteiger partial charge in [0.25, 0.3) is 0 Å². The third-order valence-electron chi connectivity index (χ3n) is 4.73. The molecule has 68 valence electrons. The highest BCUT2D eigenvalue weighted by atomic mass is 15.3. The molecule has 0 spiro atoms. The van der Waals surface area contributed by atoms with Crippen LogP contribution in [-0.4, -0.2) is 23.0 Å². The van der Waals surface area contributed by atoms with Gasteiger partial charge in [0, 0.05) is 11.6 Å². The molecule has 0 aromatic carbocycles. The zero-order valence-electron chi connectivity index (χ0n) is 8.05. The second kappa shape index (κ2) is 2.25. The summed E-state index contributed by atoms with van der Waals surface area (Å²) in [5, 5.41) is 0. The van der Waals surface area contributed by atoms with E-state index in [2.05, 4.69) is 11.8 Å². The van der Waals surface area contributed by atoms with E-state index in [1.165, 1.54) is 45.1 Å². The van der Waals surface area contributed by atoms with Crippen LogP contribution in [0, 0.1) is 5.92 Å². The minimum Gasteiger partial charge on any atom is -0.294 e. The van der Waals surface area contributed by atoms with Crippen molar-refractivity contribution in [2.75, 3.05) is 6.54 Å². The maximum atomic E-state index is 2.86. The summed E-state index contributed by atoms with van der Waals surface area (Å²) in [7, 11) is 0. The summed E-state index contributed by atoms with van der Waals surface area (Å²) in [4.78, 5) is 2.86. The Kier molecular flexibility index (Phi) is 1.39. The van der Waals surface area contributed by atoms with Crippen LogP contribution in [0.5, 0.6) is 0 Å². The average Bonchev–Trinajstić information content (AvgIpc) is 2.76. The lowest BCUT2D eigenvalue weighted by Crippen LogP contribution is -2.45. The van der Waals surface area contributed by atoms with Gasteiger partial charge in [-0.25, -0.2) is 0 Å². The molecule has 1 heteroatoms. The van der Waals surface area contributed by atoms with Crippen LogP contribution in [0.4, 0.5) is 0 Å². The van der Waals surface area contributed by atoms with Gasteiger partial charge in [0.2, 0.25) is 0 Å². The van der Waals surface area contributed by atoms with Gasteiger partial charge in [-0.05, 0) is 51.0 Å². The average molecular weight is 165 g/mol. The summed E-state index contributed by atoms with van der Waals surface area (Å²) < 4.78 is 0. The highest BCUT2D eigenvalue weighted by molar-refractivity contribution is 5.11. The predicted octanol–water partition coefficient (Wildman–Crippen LogP) is 2.41. The van der Waals surface area contributed by atoms with Gasteiger partial charge in [0.05, 0.1) is 0 Å². The maximum Gasteiger partial charge on any atom is 0.0213 e. The summed E-state index contributed by atoms with van der Waals surface area (Å²) in [5.41, 5.74) is 0.686. The first kappa shape index (κ1) is 7.37. The Bertz CT molecular complexity index is 201. The number of rotatable bonds is 1. The van der Waals surface area contributed by atoms with Crippen LogP contribution in [0.25, 0.3) is 0 Å². The Morgan fingerprint density at radius 2 is 2.33 bits per heavy atom. The monoisotopic (exact) mass is 165 g/mol. The van der Waals surface area contributed by atoms with Gasteiger partial charge in [-0.15, -0.1) is 0 Å². The van der Waals surface area contributed by atoms with Crippen molar-refractivity contribution in [1.82, 2.24) is 4.90 Å². The van der Waals surface area contributed by atoms with Gasteiger partial charge in [0.15, 0.2) is 0 Å². The van der Waals surface area contributed by atoms with Crippen LogP contribution in [0.3, 0.4) is 0 Å². The van der Waals surface area contributed by atoms with E-state index >= 15 is 0 Å². The van der Waals surface area contributed by atoms with Gasteiger partial charge in [-0.2, -0.15) is 0 Å². The molecule has 3 aliphatic rings. The van der Waals surface area contributed by atoms with Gasteiger partial charge < -0.3 is 0 Å². The SMILES string of the molecule is CCC12CCC(C1)C1CCCN12.